The van der Waals surface area contributed by atoms with E-state index >= 15 is 0 Å². The maximum Gasteiger partial charge on any atom is 0.304 e. The van der Waals surface area contributed by atoms with Crippen LogP contribution in [0.25, 0.3) is 0 Å². The van der Waals surface area contributed by atoms with Gasteiger partial charge in [-0.2, -0.15) is 8.42 Å². The number of hydrogen-bond acceptors (Lipinski definition) is 3. The molecule has 1 rings (SSSR count). The van der Waals surface area contributed by atoms with Gasteiger partial charge >= 0.3 is 10.2 Å². The van der Waals surface area contributed by atoms with Crippen molar-refractivity contribution in [1.82, 2.24) is 0 Å². The molecule has 0 spiro atoms. The summed E-state index contributed by atoms with van der Waals surface area (Å²) in [5.74, 6) is -0.497. The topological polar surface area (TPSA) is 46.2 Å². The lowest BCUT2D eigenvalue weighted by Gasteiger charge is -2.05. The van der Waals surface area contributed by atoms with Crippen LogP contribution in [0.1, 0.15) is 12.5 Å². The lowest BCUT2D eigenvalue weighted by atomic mass is 10.1. The van der Waals surface area contributed by atoms with E-state index in [2.05, 4.69) is 12.2 Å². The molecule has 0 radical (unpaired) electrons. The van der Waals surface area contributed by atoms with Gasteiger partial charge in [-0.05, 0) is 24.1 Å². The van der Waals surface area contributed by atoms with Crippen LogP contribution in [-0.4, -0.2) is 20.7 Å². The summed E-state index contributed by atoms with van der Waals surface area (Å²) in [4.78, 5) is 0. The van der Waals surface area contributed by atoms with Crippen LogP contribution in [0.15, 0.2) is 24.3 Å². The molecule has 0 unspecified atom stereocenters. The third-order valence-electron chi connectivity index (χ3n) is 2.04. The average molecular weight is 231 g/mol. The molecule has 0 amide bonds. The minimum Gasteiger partial charge on any atom is -0.384 e. The van der Waals surface area contributed by atoms with Gasteiger partial charge in [0.1, 0.15) is 0 Å². The molecule has 84 valence electrons. The molecule has 0 aromatic heterocycles. The molecule has 15 heavy (non-hydrogen) atoms. The van der Waals surface area contributed by atoms with Gasteiger partial charge in [-0.3, -0.25) is 0 Å². The van der Waals surface area contributed by atoms with Crippen molar-refractivity contribution >= 4 is 15.9 Å². The fraction of sp³-hybridized carbons (Fsp3) is 0.400. The second-order valence-corrected chi connectivity index (χ2v) is 4.71. The molecular weight excluding hydrogens is 217 g/mol. The lowest BCUT2D eigenvalue weighted by molar-refractivity contribution is 0.552. The third kappa shape index (κ3) is 4.78. The molecule has 1 aromatic carbocycles. The van der Waals surface area contributed by atoms with E-state index in [0.29, 0.717) is 0 Å². The van der Waals surface area contributed by atoms with Crippen LogP contribution in [0.5, 0.6) is 0 Å². The van der Waals surface area contributed by atoms with Gasteiger partial charge in [-0.15, -0.1) is 3.89 Å². The maximum atomic E-state index is 12.1. The highest BCUT2D eigenvalue weighted by atomic mass is 32.3. The molecule has 0 aliphatic heterocycles. The van der Waals surface area contributed by atoms with Crippen molar-refractivity contribution in [1.29, 1.82) is 0 Å². The smallest absolute Gasteiger partial charge is 0.304 e. The van der Waals surface area contributed by atoms with Crippen molar-refractivity contribution in [3.8, 4) is 0 Å². The predicted octanol–water partition coefficient (Wildman–Crippen LogP) is 1.96. The maximum absolute atomic E-state index is 12.1. The summed E-state index contributed by atoms with van der Waals surface area (Å²) >= 11 is 0. The minimum absolute atomic E-state index is 0.0876. The number of anilines is 1. The zero-order chi connectivity index (χ0) is 11.3. The van der Waals surface area contributed by atoms with Gasteiger partial charge in [0, 0.05) is 12.2 Å². The molecular formula is C10H14FNO2S. The molecule has 1 N–H and O–H groups in total. The van der Waals surface area contributed by atoms with E-state index in [9.17, 15) is 12.3 Å². The van der Waals surface area contributed by atoms with Gasteiger partial charge in [0.05, 0.1) is 5.75 Å². The van der Waals surface area contributed by atoms with Crippen LogP contribution in [0, 0.1) is 0 Å². The number of halogens is 1. The Morgan fingerprint density at radius 1 is 1.27 bits per heavy atom. The van der Waals surface area contributed by atoms with Crippen molar-refractivity contribution < 1.29 is 12.3 Å². The molecule has 0 saturated carbocycles. The normalized spacial score (nSPS) is 11.3. The van der Waals surface area contributed by atoms with E-state index < -0.39 is 16.0 Å². The predicted molar refractivity (Wildman–Crippen MR) is 59.2 cm³/mol. The van der Waals surface area contributed by atoms with Crippen LogP contribution >= 0.6 is 0 Å². The number of benzene rings is 1. The van der Waals surface area contributed by atoms with E-state index in [0.717, 1.165) is 12.1 Å². The van der Waals surface area contributed by atoms with Gasteiger partial charge < -0.3 is 5.32 Å². The highest BCUT2D eigenvalue weighted by molar-refractivity contribution is 7.86. The molecule has 5 heteroatoms. The summed E-state index contributed by atoms with van der Waals surface area (Å²) in [7, 11) is -4.37. The van der Waals surface area contributed by atoms with Crippen molar-refractivity contribution in [3.63, 3.8) is 0 Å². The summed E-state index contributed by atoms with van der Waals surface area (Å²) in [6.07, 6.45) is 0.957. The summed E-state index contributed by atoms with van der Waals surface area (Å²) in [5.41, 5.74) is 2.01. The number of hydrogen-bond donors (Lipinski definition) is 1. The fourth-order valence-electron chi connectivity index (χ4n) is 1.18. The fourth-order valence-corrected chi connectivity index (χ4v) is 1.52. The number of rotatable bonds is 5. The van der Waals surface area contributed by atoms with Crippen LogP contribution in [-0.2, 0) is 16.6 Å². The average Bonchev–Trinajstić information content (AvgIpc) is 2.17. The Bertz CT molecular complexity index is 400. The minimum atomic E-state index is -4.37. The van der Waals surface area contributed by atoms with E-state index in [-0.39, 0.29) is 6.54 Å². The number of nitrogens with one attached hydrogen (secondary N) is 1. The Labute approximate surface area is 89.5 Å². The Hall–Kier alpha value is -1.10. The molecule has 3 nitrogen and oxygen atoms in total. The molecule has 1 aromatic rings. The van der Waals surface area contributed by atoms with Crippen LogP contribution in [0.3, 0.4) is 0 Å². The van der Waals surface area contributed by atoms with Gasteiger partial charge in [0.15, 0.2) is 0 Å². The molecule has 0 saturated heterocycles. The van der Waals surface area contributed by atoms with Gasteiger partial charge in [0.2, 0.25) is 0 Å². The third-order valence-corrected chi connectivity index (χ3v) is 2.73. The summed E-state index contributed by atoms with van der Waals surface area (Å²) in [6.45, 7) is 2.14. The van der Waals surface area contributed by atoms with Crippen LogP contribution in [0.2, 0.25) is 0 Å². The highest BCUT2D eigenvalue weighted by Gasteiger charge is 2.05. The zero-order valence-electron chi connectivity index (χ0n) is 8.53. The second-order valence-electron chi connectivity index (χ2n) is 3.22. The first-order chi connectivity index (χ1) is 7.01. The van der Waals surface area contributed by atoms with Crippen LogP contribution in [0.4, 0.5) is 9.57 Å². The molecule has 0 atom stereocenters. The second kappa shape index (κ2) is 5.11. The van der Waals surface area contributed by atoms with Gasteiger partial charge in [0.25, 0.3) is 0 Å². The van der Waals surface area contributed by atoms with E-state index in [4.69, 9.17) is 0 Å². The van der Waals surface area contributed by atoms with Gasteiger partial charge in [-0.1, -0.05) is 19.1 Å². The molecule has 0 fully saturated rings. The van der Waals surface area contributed by atoms with Gasteiger partial charge in [-0.25, -0.2) is 0 Å². The van der Waals surface area contributed by atoms with Crippen molar-refractivity contribution in [2.75, 3.05) is 17.6 Å². The first-order valence-corrected chi connectivity index (χ1v) is 6.31. The Kier molecular flexibility index (Phi) is 4.08. The molecule has 0 heterocycles. The van der Waals surface area contributed by atoms with Crippen LogP contribution < -0.4 is 5.32 Å². The zero-order valence-corrected chi connectivity index (χ0v) is 9.35. The largest absolute Gasteiger partial charge is 0.384 e. The van der Waals surface area contributed by atoms with E-state index in [1.807, 2.05) is 24.3 Å². The lowest BCUT2D eigenvalue weighted by Crippen LogP contribution is -2.11. The Balaban J connectivity index is 2.45. The van der Waals surface area contributed by atoms with Crippen molar-refractivity contribution in [2.45, 2.75) is 13.3 Å². The summed E-state index contributed by atoms with van der Waals surface area (Å²) in [6, 6.07) is 7.60. The van der Waals surface area contributed by atoms with Crippen molar-refractivity contribution in [3.05, 3.63) is 29.8 Å². The molecule has 0 aliphatic carbocycles. The molecule has 0 bridgehead atoms. The Morgan fingerprint density at radius 3 is 2.33 bits per heavy atom. The molecule has 0 aliphatic rings. The Morgan fingerprint density at radius 2 is 1.87 bits per heavy atom. The van der Waals surface area contributed by atoms with E-state index in [1.165, 1.54) is 5.56 Å². The summed E-state index contributed by atoms with van der Waals surface area (Å²) < 4.78 is 32.6. The first kappa shape index (κ1) is 12.0. The monoisotopic (exact) mass is 231 g/mol. The number of aryl methyl sites for hydroxylation is 1. The summed E-state index contributed by atoms with van der Waals surface area (Å²) in [5, 5.41) is 2.83. The standard InChI is InChI=1S/C10H14FNO2S/c1-2-9-3-5-10(6-4-9)12-7-8-15(11,13)14/h3-6,12H,2,7-8H2,1H3. The van der Waals surface area contributed by atoms with Crippen molar-refractivity contribution in [2.24, 2.45) is 0 Å². The SMILES string of the molecule is CCc1ccc(NCCS(=O)(=O)F)cc1. The quantitative estimate of drug-likeness (QED) is 0.788. The van der Waals surface area contributed by atoms with E-state index in [1.54, 1.807) is 0 Å². The highest BCUT2D eigenvalue weighted by Crippen LogP contribution is 2.09. The first-order valence-electron chi connectivity index (χ1n) is 4.76.